The molecule has 0 radical (unpaired) electrons. The summed E-state index contributed by atoms with van der Waals surface area (Å²) in [5.74, 6) is 0.940. The maximum absolute atomic E-state index is 13.1. The molecule has 2 heterocycles. The number of rotatable bonds is 5. The number of hydrogen-bond donors (Lipinski definition) is 0. The average molecular weight is 391 g/mol. The molecule has 0 saturated carbocycles. The molecule has 2 amide bonds. The molecule has 1 aromatic carbocycles. The first-order chi connectivity index (χ1) is 13.0. The lowest BCUT2D eigenvalue weighted by molar-refractivity contribution is -0.144. The van der Waals surface area contributed by atoms with E-state index in [2.05, 4.69) is 0 Å². The van der Waals surface area contributed by atoms with Crippen molar-refractivity contribution in [2.45, 2.75) is 31.8 Å². The molecule has 6 nitrogen and oxygen atoms in total. The first-order valence-electron chi connectivity index (χ1n) is 9.30. The van der Waals surface area contributed by atoms with E-state index in [1.54, 1.807) is 21.6 Å². The maximum atomic E-state index is 13.1. The molecule has 0 aromatic heterocycles. The van der Waals surface area contributed by atoms with E-state index in [1.807, 2.05) is 37.3 Å². The van der Waals surface area contributed by atoms with E-state index < -0.39 is 0 Å². The van der Waals surface area contributed by atoms with E-state index in [4.69, 9.17) is 4.74 Å². The number of likely N-dealkylation sites (tertiary alicyclic amines) is 1. The van der Waals surface area contributed by atoms with Crippen LogP contribution in [0.25, 0.3) is 0 Å². The highest BCUT2D eigenvalue weighted by atomic mass is 32.2. The third-order valence-corrected chi connectivity index (χ3v) is 6.49. The summed E-state index contributed by atoms with van der Waals surface area (Å²) in [6.45, 7) is 3.05. The van der Waals surface area contributed by atoms with Gasteiger partial charge in [0.1, 0.15) is 0 Å². The van der Waals surface area contributed by atoms with E-state index in [1.165, 1.54) is 7.11 Å². The van der Waals surface area contributed by atoms with Crippen LogP contribution in [-0.2, 0) is 19.1 Å². The van der Waals surface area contributed by atoms with Crippen LogP contribution in [0.15, 0.2) is 30.3 Å². The summed E-state index contributed by atoms with van der Waals surface area (Å²) in [6, 6.07) is 9.65. The molecule has 0 aliphatic carbocycles. The van der Waals surface area contributed by atoms with Gasteiger partial charge in [-0.25, -0.2) is 0 Å². The molecular formula is C20H26N2O4S. The van der Waals surface area contributed by atoms with Gasteiger partial charge in [0.15, 0.2) is 0 Å². The van der Waals surface area contributed by atoms with E-state index in [0.29, 0.717) is 13.1 Å². The number of hydrogen-bond acceptors (Lipinski definition) is 5. The zero-order valence-corrected chi connectivity index (χ0v) is 16.6. The van der Waals surface area contributed by atoms with Crippen LogP contribution < -0.4 is 0 Å². The molecule has 3 atom stereocenters. The second kappa shape index (κ2) is 8.78. The van der Waals surface area contributed by atoms with Crippen LogP contribution in [0.1, 0.15) is 31.4 Å². The number of benzene rings is 1. The minimum absolute atomic E-state index is 0.0136. The minimum Gasteiger partial charge on any atom is -0.469 e. The molecule has 27 heavy (non-hydrogen) atoms. The van der Waals surface area contributed by atoms with Gasteiger partial charge in [0, 0.05) is 31.0 Å². The van der Waals surface area contributed by atoms with Crippen molar-refractivity contribution in [3.8, 4) is 0 Å². The molecule has 0 N–H and O–H groups in total. The highest BCUT2D eigenvalue weighted by Crippen LogP contribution is 2.31. The van der Waals surface area contributed by atoms with Gasteiger partial charge in [-0.05, 0) is 12.5 Å². The van der Waals surface area contributed by atoms with Gasteiger partial charge in [-0.1, -0.05) is 30.3 Å². The van der Waals surface area contributed by atoms with E-state index in [-0.39, 0.29) is 48.6 Å². The smallest absolute Gasteiger partial charge is 0.307 e. The predicted molar refractivity (Wildman–Crippen MR) is 104 cm³/mol. The molecule has 2 aliphatic rings. The summed E-state index contributed by atoms with van der Waals surface area (Å²) in [5, 5.41) is 0. The number of thioether (sulfide) groups is 1. The van der Waals surface area contributed by atoms with Crippen molar-refractivity contribution in [2.75, 3.05) is 31.7 Å². The number of methoxy groups -OCH3 is 1. The number of ether oxygens (including phenoxy) is 1. The first kappa shape index (κ1) is 19.7. The fourth-order valence-corrected chi connectivity index (χ4v) is 4.87. The van der Waals surface area contributed by atoms with Crippen molar-refractivity contribution in [3.05, 3.63) is 35.9 Å². The molecule has 2 saturated heterocycles. The Morgan fingerprint density at radius 1 is 1.30 bits per heavy atom. The monoisotopic (exact) mass is 390 g/mol. The van der Waals surface area contributed by atoms with Crippen molar-refractivity contribution in [3.63, 3.8) is 0 Å². The molecule has 2 aliphatic heterocycles. The van der Waals surface area contributed by atoms with Crippen LogP contribution in [-0.4, -0.2) is 65.3 Å². The molecule has 7 heteroatoms. The number of amides is 2. The van der Waals surface area contributed by atoms with Crippen LogP contribution in [0.3, 0.4) is 0 Å². The van der Waals surface area contributed by atoms with Gasteiger partial charge >= 0.3 is 5.97 Å². The van der Waals surface area contributed by atoms with Crippen molar-refractivity contribution in [1.82, 2.24) is 9.80 Å². The van der Waals surface area contributed by atoms with E-state index in [9.17, 15) is 14.4 Å². The molecule has 0 bridgehead atoms. The lowest BCUT2D eigenvalue weighted by atomic mass is 10.0. The van der Waals surface area contributed by atoms with Crippen LogP contribution in [0.4, 0.5) is 0 Å². The summed E-state index contributed by atoms with van der Waals surface area (Å²) >= 11 is 1.74. The average Bonchev–Trinajstić information content (AvgIpc) is 3.09. The summed E-state index contributed by atoms with van der Waals surface area (Å²) < 4.78 is 4.77. The van der Waals surface area contributed by atoms with Gasteiger partial charge in [-0.15, -0.1) is 0 Å². The SMILES string of the molecule is COC(=O)CC1CSCCN1C(=O)C1CC(=O)N(C(C)c2ccccc2)C1. The summed E-state index contributed by atoms with van der Waals surface area (Å²) in [4.78, 5) is 41.0. The Kier molecular flexibility index (Phi) is 6.42. The van der Waals surface area contributed by atoms with Gasteiger partial charge in [0.25, 0.3) is 0 Å². The number of carbonyl (C=O) groups excluding carboxylic acids is 3. The molecule has 2 fully saturated rings. The Labute approximate surface area is 164 Å². The number of carbonyl (C=O) groups is 3. The van der Waals surface area contributed by atoms with Gasteiger partial charge in [-0.3, -0.25) is 14.4 Å². The van der Waals surface area contributed by atoms with Crippen molar-refractivity contribution < 1.29 is 19.1 Å². The van der Waals surface area contributed by atoms with Crippen LogP contribution >= 0.6 is 11.8 Å². The zero-order valence-electron chi connectivity index (χ0n) is 15.8. The van der Waals surface area contributed by atoms with Gasteiger partial charge in [0.05, 0.1) is 31.5 Å². The lowest BCUT2D eigenvalue weighted by Gasteiger charge is -2.36. The quantitative estimate of drug-likeness (QED) is 0.721. The third-order valence-electron chi connectivity index (χ3n) is 5.40. The Bertz CT molecular complexity index is 696. The molecule has 146 valence electrons. The number of esters is 1. The highest BCUT2D eigenvalue weighted by molar-refractivity contribution is 7.99. The maximum Gasteiger partial charge on any atom is 0.307 e. The fraction of sp³-hybridized carbons (Fsp3) is 0.550. The summed E-state index contributed by atoms with van der Waals surface area (Å²) in [7, 11) is 1.36. The van der Waals surface area contributed by atoms with Crippen molar-refractivity contribution in [1.29, 1.82) is 0 Å². The van der Waals surface area contributed by atoms with Crippen molar-refractivity contribution >= 4 is 29.5 Å². The fourth-order valence-electron chi connectivity index (χ4n) is 3.81. The zero-order chi connectivity index (χ0) is 19.4. The van der Waals surface area contributed by atoms with E-state index >= 15 is 0 Å². The van der Waals surface area contributed by atoms with E-state index in [0.717, 1.165) is 17.1 Å². The Morgan fingerprint density at radius 2 is 2.04 bits per heavy atom. The summed E-state index contributed by atoms with van der Waals surface area (Å²) in [6.07, 6.45) is 0.449. The van der Waals surface area contributed by atoms with Crippen LogP contribution in [0, 0.1) is 5.92 Å². The van der Waals surface area contributed by atoms with Gasteiger partial charge < -0.3 is 14.5 Å². The minimum atomic E-state index is -0.341. The molecule has 3 unspecified atom stereocenters. The Hall–Kier alpha value is -2.02. The molecule has 1 aromatic rings. The predicted octanol–water partition coefficient (Wildman–Crippen LogP) is 2.10. The Balaban J connectivity index is 1.68. The largest absolute Gasteiger partial charge is 0.469 e. The second-order valence-electron chi connectivity index (χ2n) is 7.07. The van der Waals surface area contributed by atoms with Crippen LogP contribution in [0.5, 0.6) is 0 Å². The second-order valence-corrected chi connectivity index (χ2v) is 8.22. The summed E-state index contributed by atoms with van der Waals surface area (Å²) in [5.41, 5.74) is 1.07. The van der Waals surface area contributed by atoms with Gasteiger partial charge in [-0.2, -0.15) is 11.8 Å². The molecule has 3 rings (SSSR count). The normalized spacial score (nSPS) is 24.0. The van der Waals surface area contributed by atoms with Crippen LogP contribution in [0.2, 0.25) is 0 Å². The standard InChI is InChI=1S/C20H26N2O4S/c1-14(15-6-4-3-5-7-15)22-12-16(10-18(22)23)20(25)21-8-9-27-13-17(21)11-19(24)26-2/h3-7,14,16-17H,8-13H2,1-2H3. The first-order valence-corrected chi connectivity index (χ1v) is 10.5. The highest BCUT2D eigenvalue weighted by Gasteiger charge is 2.41. The Morgan fingerprint density at radius 3 is 2.74 bits per heavy atom. The van der Waals surface area contributed by atoms with Gasteiger partial charge in [0.2, 0.25) is 11.8 Å². The molecular weight excluding hydrogens is 364 g/mol. The topological polar surface area (TPSA) is 66.9 Å². The molecule has 0 spiro atoms. The third kappa shape index (κ3) is 4.46. The van der Waals surface area contributed by atoms with Crippen molar-refractivity contribution in [2.24, 2.45) is 5.92 Å². The number of nitrogens with zero attached hydrogens (tertiary/aromatic N) is 2. The lowest BCUT2D eigenvalue weighted by Crippen LogP contribution is -2.49.